The normalized spacial score (nSPS) is 27.4. The van der Waals surface area contributed by atoms with E-state index in [1.165, 1.54) is 25.7 Å². The van der Waals surface area contributed by atoms with Crippen molar-refractivity contribution in [2.24, 2.45) is 11.1 Å². The third kappa shape index (κ3) is 2.60. The molecule has 118 valence electrons. The van der Waals surface area contributed by atoms with Crippen molar-refractivity contribution >= 4 is 0 Å². The minimum atomic E-state index is 0.302. The average molecular weight is 294 g/mol. The second kappa shape index (κ2) is 6.02. The molecule has 1 heterocycles. The lowest BCUT2D eigenvalue weighted by Crippen LogP contribution is -2.62. The first kappa shape index (κ1) is 14.9. The van der Waals surface area contributed by atoms with Crippen LogP contribution in [0.5, 0.6) is 0 Å². The third-order valence-corrected chi connectivity index (χ3v) is 5.25. The molecule has 3 rings (SSSR count). The summed E-state index contributed by atoms with van der Waals surface area (Å²) >= 11 is 0. The molecule has 0 aromatic carbocycles. The van der Waals surface area contributed by atoms with Crippen molar-refractivity contribution in [1.29, 1.82) is 0 Å². The van der Waals surface area contributed by atoms with Crippen LogP contribution >= 0.6 is 0 Å². The van der Waals surface area contributed by atoms with Gasteiger partial charge in [-0.2, -0.15) is 4.98 Å². The lowest BCUT2D eigenvalue weighted by molar-refractivity contribution is -0.162. The van der Waals surface area contributed by atoms with Crippen molar-refractivity contribution < 1.29 is 9.26 Å². The molecule has 6 heteroatoms. The van der Waals surface area contributed by atoms with Gasteiger partial charge in [0.1, 0.15) is 0 Å². The van der Waals surface area contributed by atoms with Crippen molar-refractivity contribution in [2.75, 3.05) is 13.7 Å². The summed E-state index contributed by atoms with van der Waals surface area (Å²) < 4.78 is 11.1. The lowest BCUT2D eigenvalue weighted by atomic mass is 9.60. The van der Waals surface area contributed by atoms with Crippen LogP contribution in [-0.2, 0) is 17.8 Å². The number of aromatic nitrogens is 2. The van der Waals surface area contributed by atoms with Crippen LogP contribution in [0.1, 0.15) is 50.7 Å². The van der Waals surface area contributed by atoms with Crippen molar-refractivity contribution in [2.45, 2.75) is 64.3 Å². The molecular weight excluding hydrogens is 268 g/mol. The molecule has 2 aliphatic carbocycles. The predicted molar refractivity (Wildman–Crippen MR) is 78.4 cm³/mol. The Morgan fingerprint density at radius 1 is 1.43 bits per heavy atom. The fourth-order valence-electron chi connectivity index (χ4n) is 4.24. The summed E-state index contributed by atoms with van der Waals surface area (Å²) in [7, 11) is 2.16. The van der Waals surface area contributed by atoms with Gasteiger partial charge in [-0.15, -0.1) is 0 Å². The Hall–Kier alpha value is -0.980. The maximum absolute atomic E-state index is 5.97. The number of nitrogens with zero attached hydrogens (tertiary/aromatic N) is 3. The quantitative estimate of drug-likeness (QED) is 0.860. The van der Waals surface area contributed by atoms with E-state index in [0.29, 0.717) is 30.0 Å². The molecule has 2 aliphatic rings. The van der Waals surface area contributed by atoms with E-state index in [2.05, 4.69) is 29.0 Å². The minimum absolute atomic E-state index is 0.302. The van der Waals surface area contributed by atoms with Crippen LogP contribution in [-0.4, -0.2) is 40.8 Å². The molecule has 2 saturated carbocycles. The Morgan fingerprint density at radius 2 is 2.19 bits per heavy atom. The zero-order valence-electron chi connectivity index (χ0n) is 13.0. The van der Waals surface area contributed by atoms with Gasteiger partial charge >= 0.3 is 0 Å². The van der Waals surface area contributed by atoms with E-state index in [-0.39, 0.29) is 0 Å². The molecule has 1 aromatic heterocycles. The molecule has 6 nitrogen and oxygen atoms in total. The molecule has 1 aromatic rings. The molecule has 1 spiro atoms. The summed E-state index contributed by atoms with van der Waals surface area (Å²) in [5, 5.41) is 4.00. The maximum atomic E-state index is 5.97. The molecule has 0 aliphatic heterocycles. The topological polar surface area (TPSA) is 77.4 Å². The van der Waals surface area contributed by atoms with Crippen molar-refractivity contribution in [3.05, 3.63) is 11.7 Å². The molecule has 0 amide bonds. The van der Waals surface area contributed by atoms with Crippen LogP contribution in [0.3, 0.4) is 0 Å². The zero-order valence-corrected chi connectivity index (χ0v) is 13.0. The Morgan fingerprint density at radius 3 is 2.81 bits per heavy atom. The van der Waals surface area contributed by atoms with E-state index >= 15 is 0 Å². The van der Waals surface area contributed by atoms with Gasteiger partial charge in [-0.3, -0.25) is 4.90 Å². The summed E-state index contributed by atoms with van der Waals surface area (Å²) in [6, 6.07) is 0.566. The first-order valence-electron chi connectivity index (χ1n) is 8.03. The molecule has 2 atom stereocenters. The molecule has 0 radical (unpaired) electrons. The number of rotatable bonds is 6. The molecule has 0 bridgehead atoms. The summed E-state index contributed by atoms with van der Waals surface area (Å²) in [5.74, 6) is 1.24. The van der Waals surface area contributed by atoms with Crippen molar-refractivity contribution in [1.82, 2.24) is 15.0 Å². The van der Waals surface area contributed by atoms with Gasteiger partial charge < -0.3 is 15.0 Å². The van der Waals surface area contributed by atoms with E-state index in [0.717, 1.165) is 25.4 Å². The number of hydrogen-bond acceptors (Lipinski definition) is 6. The van der Waals surface area contributed by atoms with E-state index in [4.69, 9.17) is 15.0 Å². The smallest absolute Gasteiger partial charge is 0.240 e. The van der Waals surface area contributed by atoms with Crippen molar-refractivity contribution in [3.8, 4) is 0 Å². The van der Waals surface area contributed by atoms with Gasteiger partial charge in [-0.1, -0.05) is 18.0 Å². The molecule has 2 N–H and O–H groups in total. The fourth-order valence-corrected chi connectivity index (χ4v) is 4.24. The molecule has 21 heavy (non-hydrogen) atoms. The summed E-state index contributed by atoms with van der Waals surface area (Å²) in [6.45, 7) is 3.92. The highest BCUT2D eigenvalue weighted by atomic mass is 16.5. The van der Waals surface area contributed by atoms with E-state index in [1.54, 1.807) is 0 Å². The Labute approximate surface area is 126 Å². The Bertz CT molecular complexity index is 470. The molecule has 2 unspecified atom stereocenters. The van der Waals surface area contributed by atoms with Gasteiger partial charge in [0.2, 0.25) is 5.89 Å². The fraction of sp³-hybridized carbons (Fsp3) is 0.867. The van der Waals surface area contributed by atoms with Crippen LogP contribution in [0.4, 0.5) is 0 Å². The van der Waals surface area contributed by atoms with Gasteiger partial charge in [0.25, 0.3) is 0 Å². The van der Waals surface area contributed by atoms with Gasteiger partial charge in [0, 0.05) is 18.1 Å². The standard InChI is InChI=1S/C15H26N4O2/c1-3-20-12-8-11(15(12)6-4-5-7-15)19(2)10-13-17-14(9-16)21-18-13/h11-12H,3-10,16H2,1-2H3. The summed E-state index contributed by atoms with van der Waals surface area (Å²) in [5.41, 5.74) is 5.86. The van der Waals surface area contributed by atoms with E-state index < -0.39 is 0 Å². The monoisotopic (exact) mass is 294 g/mol. The number of nitrogens with two attached hydrogens (primary N) is 1. The van der Waals surface area contributed by atoms with Gasteiger partial charge in [0.05, 0.1) is 19.2 Å². The van der Waals surface area contributed by atoms with Gasteiger partial charge in [-0.25, -0.2) is 0 Å². The molecule has 0 saturated heterocycles. The second-order valence-electron chi connectivity index (χ2n) is 6.36. The number of hydrogen-bond donors (Lipinski definition) is 1. The van der Waals surface area contributed by atoms with Gasteiger partial charge in [-0.05, 0) is 33.2 Å². The van der Waals surface area contributed by atoms with E-state index in [1.807, 2.05) is 0 Å². The second-order valence-corrected chi connectivity index (χ2v) is 6.36. The predicted octanol–water partition coefficient (Wildman–Crippen LogP) is 1.70. The highest BCUT2D eigenvalue weighted by molar-refractivity contribution is 5.10. The van der Waals surface area contributed by atoms with Crippen LogP contribution in [0, 0.1) is 5.41 Å². The lowest BCUT2D eigenvalue weighted by Gasteiger charge is -2.57. The van der Waals surface area contributed by atoms with Crippen LogP contribution in [0.2, 0.25) is 0 Å². The highest BCUT2D eigenvalue weighted by Crippen LogP contribution is 2.56. The maximum Gasteiger partial charge on any atom is 0.240 e. The Kier molecular flexibility index (Phi) is 4.28. The van der Waals surface area contributed by atoms with Crippen molar-refractivity contribution in [3.63, 3.8) is 0 Å². The SMILES string of the molecule is CCOC1CC(N(C)Cc2noc(CN)n2)C12CCCC2. The largest absolute Gasteiger partial charge is 0.378 e. The zero-order chi connectivity index (χ0) is 14.9. The Balaban J connectivity index is 1.65. The first-order chi connectivity index (χ1) is 10.2. The van der Waals surface area contributed by atoms with E-state index in [9.17, 15) is 0 Å². The van der Waals surface area contributed by atoms with Crippen LogP contribution < -0.4 is 5.73 Å². The highest BCUT2D eigenvalue weighted by Gasteiger charge is 2.57. The number of ether oxygens (including phenoxy) is 1. The molecule has 2 fully saturated rings. The first-order valence-corrected chi connectivity index (χ1v) is 8.03. The summed E-state index contributed by atoms with van der Waals surface area (Å²) in [6.07, 6.45) is 6.77. The van der Waals surface area contributed by atoms with Gasteiger partial charge in [0.15, 0.2) is 5.82 Å². The third-order valence-electron chi connectivity index (χ3n) is 5.25. The molecular formula is C15H26N4O2. The van der Waals surface area contributed by atoms with Crippen LogP contribution in [0.15, 0.2) is 4.52 Å². The minimum Gasteiger partial charge on any atom is -0.378 e. The average Bonchev–Trinajstić information content (AvgIpc) is 3.12. The van der Waals surface area contributed by atoms with Crippen LogP contribution in [0.25, 0.3) is 0 Å². The summed E-state index contributed by atoms with van der Waals surface area (Å²) in [4.78, 5) is 6.67.